The van der Waals surface area contributed by atoms with E-state index in [-0.39, 0.29) is 18.3 Å². The number of hydrogen-bond donors (Lipinski definition) is 1. The number of carbonyl (C=O) groups is 1. The third-order valence-corrected chi connectivity index (χ3v) is 2.63. The molecule has 3 nitrogen and oxygen atoms in total. The van der Waals surface area contributed by atoms with Crippen molar-refractivity contribution in [3.05, 3.63) is 0 Å². The summed E-state index contributed by atoms with van der Waals surface area (Å²) < 4.78 is 4.96. The van der Waals surface area contributed by atoms with Gasteiger partial charge in [0, 0.05) is 5.88 Å². The summed E-state index contributed by atoms with van der Waals surface area (Å²) in [5.41, 5.74) is 0. The van der Waals surface area contributed by atoms with Crippen molar-refractivity contribution in [2.24, 2.45) is 5.92 Å². The van der Waals surface area contributed by atoms with Crippen LogP contribution in [0.4, 0.5) is 0 Å². The molecule has 0 aliphatic carbocycles. The molecule has 0 radical (unpaired) electrons. The predicted molar refractivity (Wildman–Crippen MR) is 65.6 cm³/mol. The van der Waals surface area contributed by atoms with E-state index in [9.17, 15) is 4.79 Å². The van der Waals surface area contributed by atoms with Crippen LogP contribution in [0.1, 0.15) is 46.0 Å². The van der Waals surface area contributed by atoms with Crippen LogP contribution in [0, 0.1) is 5.92 Å². The van der Waals surface area contributed by atoms with Crippen LogP contribution < -0.4 is 0 Å². The van der Waals surface area contributed by atoms with E-state index in [2.05, 4.69) is 13.8 Å². The highest BCUT2D eigenvalue weighted by Crippen LogP contribution is 2.08. The molecule has 16 heavy (non-hydrogen) atoms. The average molecular weight is 251 g/mol. The summed E-state index contributed by atoms with van der Waals surface area (Å²) in [5, 5.41) is 9.10. The molecule has 0 saturated heterocycles. The highest BCUT2D eigenvalue weighted by Gasteiger charge is 2.10. The van der Waals surface area contributed by atoms with Gasteiger partial charge in [0.2, 0.25) is 0 Å². The lowest BCUT2D eigenvalue weighted by atomic mass is 10.1. The molecular weight excluding hydrogens is 228 g/mol. The highest BCUT2D eigenvalue weighted by atomic mass is 35.5. The van der Waals surface area contributed by atoms with E-state index < -0.39 is 6.10 Å². The third-order valence-electron chi connectivity index (χ3n) is 2.27. The number of unbranched alkanes of at least 4 members (excludes halogenated alkanes) is 2. The van der Waals surface area contributed by atoms with Crippen LogP contribution in [-0.4, -0.2) is 29.7 Å². The van der Waals surface area contributed by atoms with Crippen LogP contribution in [0.3, 0.4) is 0 Å². The SMILES string of the molecule is CC(C)CCCCCOC(=O)CC(O)CCl. The molecule has 0 heterocycles. The molecule has 0 aliphatic heterocycles. The lowest BCUT2D eigenvalue weighted by molar-refractivity contribution is -0.145. The fourth-order valence-electron chi connectivity index (χ4n) is 1.32. The molecule has 1 unspecified atom stereocenters. The third kappa shape index (κ3) is 10.2. The van der Waals surface area contributed by atoms with Crippen molar-refractivity contribution in [1.29, 1.82) is 0 Å². The van der Waals surface area contributed by atoms with E-state index in [0.29, 0.717) is 6.61 Å². The van der Waals surface area contributed by atoms with Gasteiger partial charge in [-0.1, -0.05) is 33.1 Å². The fourth-order valence-corrected chi connectivity index (χ4v) is 1.43. The average Bonchev–Trinajstić information content (AvgIpc) is 2.22. The second-order valence-electron chi connectivity index (χ2n) is 4.48. The number of halogens is 1. The van der Waals surface area contributed by atoms with Gasteiger partial charge in [-0.15, -0.1) is 11.6 Å². The normalized spacial score (nSPS) is 12.8. The minimum Gasteiger partial charge on any atom is -0.466 e. The van der Waals surface area contributed by atoms with Crippen molar-refractivity contribution in [2.75, 3.05) is 12.5 Å². The van der Waals surface area contributed by atoms with Gasteiger partial charge in [0.15, 0.2) is 0 Å². The maximum absolute atomic E-state index is 11.1. The van der Waals surface area contributed by atoms with E-state index in [0.717, 1.165) is 18.8 Å². The predicted octanol–water partition coefficient (Wildman–Crippen LogP) is 2.74. The fraction of sp³-hybridized carbons (Fsp3) is 0.917. The quantitative estimate of drug-likeness (QED) is 0.389. The molecule has 0 aromatic heterocycles. The molecule has 0 bridgehead atoms. The second-order valence-corrected chi connectivity index (χ2v) is 4.78. The number of alkyl halides is 1. The van der Waals surface area contributed by atoms with Crippen molar-refractivity contribution in [3.63, 3.8) is 0 Å². The van der Waals surface area contributed by atoms with E-state index in [4.69, 9.17) is 21.4 Å². The molecule has 4 heteroatoms. The van der Waals surface area contributed by atoms with Gasteiger partial charge in [0.05, 0.1) is 19.1 Å². The first-order valence-electron chi connectivity index (χ1n) is 5.96. The summed E-state index contributed by atoms with van der Waals surface area (Å²) in [7, 11) is 0. The van der Waals surface area contributed by atoms with Crippen LogP contribution in [0.25, 0.3) is 0 Å². The molecule has 96 valence electrons. The summed E-state index contributed by atoms with van der Waals surface area (Å²) in [6.45, 7) is 4.85. The van der Waals surface area contributed by atoms with Crippen LogP contribution in [-0.2, 0) is 9.53 Å². The summed E-state index contributed by atoms with van der Waals surface area (Å²) >= 11 is 5.37. The van der Waals surface area contributed by atoms with Gasteiger partial charge in [-0.2, -0.15) is 0 Å². The van der Waals surface area contributed by atoms with Crippen molar-refractivity contribution < 1.29 is 14.6 Å². The van der Waals surface area contributed by atoms with Gasteiger partial charge in [0.1, 0.15) is 0 Å². The molecule has 0 aromatic rings. The maximum atomic E-state index is 11.1. The Balaban J connectivity index is 3.28. The number of hydrogen-bond acceptors (Lipinski definition) is 3. The summed E-state index contributed by atoms with van der Waals surface area (Å²) in [6, 6.07) is 0. The summed E-state index contributed by atoms with van der Waals surface area (Å²) in [5.74, 6) is 0.446. The molecule has 0 spiro atoms. The number of esters is 1. The van der Waals surface area contributed by atoms with E-state index in [1.54, 1.807) is 0 Å². The standard InChI is InChI=1S/C12H23ClO3/c1-10(2)6-4-3-5-7-16-12(15)8-11(14)9-13/h10-11,14H,3-9H2,1-2H3. The first kappa shape index (κ1) is 15.7. The Morgan fingerprint density at radius 3 is 2.56 bits per heavy atom. The zero-order chi connectivity index (χ0) is 12.4. The maximum Gasteiger partial charge on any atom is 0.308 e. The van der Waals surface area contributed by atoms with Crippen molar-refractivity contribution >= 4 is 17.6 Å². The molecule has 0 rings (SSSR count). The number of rotatable bonds is 9. The van der Waals surface area contributed by atoms with Gasteiger partial charge < -0.3 is 9.84 Å². The van der Waals surface area contributed by atoms with Gasteiger partial charge in [-0.25, -0.2) is 0 Å². The minimum atomic E-state index is -0.782. The highest BCUT2D eigenvalue weighted by molar-refractivity contribution is 6.18. The van der Waals surface area contributed by atoms with Crippen molar-refractivity contribution in [1.82, 2.24) is 0 Å². The van der Waals surface area contributed by atoms with Crippen molar-refractivity contribution in [3.8, 4) is 0 Å². The van der Waals surface area contributed by atoms with Crippen LogP contribution in [0.15, 0.2) is 0 Å². The Morgan fingerprint density at radius 2 is 2.00 bits per heavy atom. The van der Waals surface area contributed by atoms with Crippen LogP contribution >= 0.6 is 11.6 Å². The molecule has 1 atom stereocenters. The molecule has 0 fully saturated rings. The smallest absolute Gasteiger partial charge is 0.308 e. The molecule has 1 N–H and O–H groups in total. The second kappa shape index (κ2) is 9.91. The van der Waals surface area contributed by atoms with E-state index >= 15 is 0 Å². The number of aliphatic hydroxyl groups is 1. The van der Waals surface area contributed by atoms with Gasteiger partial charge in [-0.3, -0.25) is 4.79 Å². The number of aliphatic hydroxyl groups excluding tert-OH is 1. The molecule has 0 aromatic carbocycles. The topological polar surface area (TPSA) is 46.5 Å². The molecule has 0 saturated carbocycles. The first-order chi connectivity index (χ1) is 7.56. The van der Waals surface area contributed by atoms with E-state index in [1.807, 2.05) is 0 Å². The Morgan fingerprint density at radius 1 is 1.31 bits per heavy atom. The monoisotopic (exact) mass is 250 g/mol. The van der Waals surface area contributed by atoms with Crippen LogP contribution in [0.5, 0.6) is 0 Å². The molecule has 0 aliphatic rings. The Hall–Kier alpha value is -0.280. The number of ether oxygens (including phenoxy) is 1. The lowest BCUT2D eigenvalue weighted by Gasteiger charge is -2.08. The van der Waals surface area contributed by atoms with Crippen LogP contribution in [0.2, 0.25) is 0 Å². The van der Waals surface area contributed by atoms with Crippen molar-refractivity contribution in [2.45, 2.75) is 52.1 Å². The minimum absolute atomic E-state index is 0.00447. The summed E-state index contributed by atoms with van der Waals surface area (Å²) in [4.78, 5) is 11.1. The Kier molecular flexibility index (Phi) is 9.74. The summed E-state index contributed by atoms with van der Waals surface area (Å²) in [6.07, 6.45) is 3.60. The Labute approximate surface area is 103 Å². The van der Waals surface area contributed by atoms with Gasteiger partial charge in [-0.05, 0) is 12.3 Å². The molecular formula is C12H23ClO3. The number of carbonyl (C=O) groups excluding carboxylic acids is 1. The largest absolute Gasteiger partial charge is 0.466 e. The lowest BCUT2D eigenvalue weighted by Crippen LogP contribution is -2.17. The Bertz CT molecular complexity index is 183. The molecule has 0 amide bonds. The van der Waals surface area contributed by atoms with Gasteiger partial charge in [0.25, 0.3) is 0 Å². The zero-order valence-corrected chi connectivity index (χ0v) is 11.0. The zero-order valence-electron chi connectivity index (χ0n) is 10.2. The van der Waals surface area contributed by atoms with E-state index in [1.165, 1.54) is 12.8 Å². The first-order valence-corrected chi connectivity index (χ1v) is 6.49. The van der Waals surface area contributed by atoms with Gasteiger partial charge >= 0.3 is 5.97 Å².